The van der Waals surface area contributed by atoms with Gasteiger partial charge in [-0.05, 0) is 25.0 Å². The van der Waals surface area contributed by atoms with Gasteiger partial charge in [0, 0.05) is 23.7 Å². The zero-order valence-electron chi connectivity index (χ0n) is 13.4. The van der Waals surface area contributed by atoms with Crippen LogP contribution in [0.4, 0.5) is 5.13 Å². The highest BCUT2D eigenvalue weighted by Gasteiger charge is 2.36. The van der Waals surface area contributed by atoms with Gasteiger partial charge < -0.3 is 15.2 Å². The molecule has 1 saturated carbocycles. The maximum absolute atomic E-state index is 12.2. The Labute approximate surface area is 148 Å². The van der Waals surface area contributed by atoms with E-state index in [0.717, 1.165) is 21.5 Å². The first-order valence-corrected chi connectivity index (χ1v) is 8.91. The highest BCUT2D eigenvalue weighted by atomic mass is 32.1. The van der Waals surface area contributed by atoms with Crippen molar-refractivity contribution < 1.29 is 14.6 Å². The number of fused-ring (bicyclic) bond motifs is 1. The lowest BCUT2D eigenvalue weighted by Crippen LogP contribution is -2.40. The van der Waals surface area contributed by atoms with Gasteiger partial charge in [0.2, 0.25) is 5.91 Å². The molecule has 2 N–H and O–H groups in total. The van der Waals surface area contributed by atoms with E-state index in [9.17, 15) is 4.79 Å². The van der Waals surface area contributed by atoms with Crippen molar-refractivity contribution in [3.05, 3.63) is 47.6 Å². The van der Waals surface area contributed by atoms with Gasteiger partial charge in [-0.3, -0.25) is 9.78 Å². The summed E-state index contributed by atoms with van der Waals surface area (Å²) in [5.41, 5.74) is 0.845. The van der Waals surface area contributed by atoms with Crippen LogP contribution in [0, 0.1) is 5.92 Å². The molecule has 1 amide bonds. The van der Waals surface area contributed by atoms with Crippen molar-refractivity contribution in [1.29, 1.82) is 0 Å². The standard InChI is InChI=1S/C18H17N3O3S/c22-10-14-9-20-18(25-14)21-17(23)12-7-13(8-12)24-15-5-1-3-11-4-2-6-19-16(11)15/h1-6,9,12-13,22H,7-8,10H2,(H,20,21,23). The predicted molar refractivity (Wildman–Crippen MR) is 95.5 cm³/mol. The van der Waals surface area contributed by atoms with Gasteiger partial charge in [-0.2, -0.15) is 0 Å². The monoisotopic (exact) mass is 355 g/mol. The number of para-hydroxylation sites is 1. The van der Waals surface area contributed by atoms with Crippen LogP contribution in [-0.4, -0.2) is 27.1 Å². The van der Waals surface area contributed by atoms with Gasteiger partial charge in [0.15, 0.2) is 5.13 Å². The average molecular weight is 355 g/mol. The molecule has 0 atom stereocenters. The lowest BCUT2D eigenvalue weighted by molar-refractivity contribution is -0.125. The minimum absolute atomic E-state index is 0.0210. The van der Waals surface area contributed by atoms with Crippen molar-refractivity contribution in [3.63, 3.8) is 0 Å². The summed E-state index contributed by atoms with van der Waals surface area (Å²) in [5.74, 6) is 0.638. The third kappa shape index (κ3) is 3.33. The van der Waals surface area contributed by atoms with Crippen molar-refractivity contribution >= 4 is 33.3 Å². The molecule has 1 aromatic carbocycles. The summed E-state index contributed by atoms with van der Waals surface area (Å²) in [6.45, 7) is -0.0635. The van der Waals surface area contributed by atoms with Crippen molar-refractivity contribution in [1.82, 2.24) is 9.97 Å². The normalized spacial score (nSPS) is 19.4. The minimum atomic E-state index is -0.0746. The van der Waals surface area contributed by atoms with E-state index >= 15 is 0 Å². The van der Waals surface area contributed by atoms with Crippen LogP contribution in [0.1, 0.15) is 17.7 Å². The van der Waals surface area contributed by atoms with E-state index in [4.69, 9.17) is 9.84 Å². The second kappa shape index (κ2) is 6.78. The fourth-order valence-corrected chi connectivity index (χ4v) is 3.55. The molecule has 128 valence electrons. The quantitative estimate of drug-likeness (QED) is 0.735. The topological polar surface area (TPSA) is 84.3 Å². The third-order valence-corrected chi connectivity index (χ3v) is 5.19. The fraction of sp³-hybridized carbons (Fsp3) is 0.278. The average Bonchev–Trinajstić information content (AvgIpc) is 3.05. The number of nitrogens with zero attached hydrogens (tertiary/aromatic N) is 2. The Morgan fingerprint density at radius 3 is 2.92 bits per heavy atom. The second-order valence-electron chi connectivity index (χ2n) is 6.02. The van der Waals surface area contributed by atoms with Crippen molar-refractivity contribution in [2.24, 2.45) is 5.92 Å². The number of anilines is 1. The number of hydrogen-bond donors (Lipinski definition) is 2. The largest absolute Gasteiger partial charge is 0.488 e. The molecule has 0 radical (unpaired) electrons. The molecule has 0 saturated heterocycles. The van der Waals surface area contributed by atoms with E-state index in [0.29, 0.717) is 18.0 Å². The molecule has 3 aromatic rings. The number of nitrogens with one attached hydrogen (secondary N) is 1. The van der Waals surface area contributed by atoms with Crippen molar-refractivity contribution in [2.45, 2.75) is 25.6 Å². The molecule has 2 aromatic heterocycles. The smallest absolute Gasteiger partial charge is 0.229 e. The first-order valence-electron chi connectivity index (χ1n) is 8.10. The number of amides is 1. The van der Waals surface area contributed by atoms with Crippen LogP contribution in [0.15, 0.2) is 42.7 Å². The summed E-state index contributed by atoms with van der Waals surface area (Å²) < 4.78 is 6.03. The van der Waals surface area contributed by atoms with E-state index in [2.05, 4.69) is 15.3 Å². The number of ether oxygens (including phenoxy) is 1. The first-order chi connectivity index (χ1) is 12.2. The molecule has 0 unspecified atom stereocenters. The minimum Gasteiger partial charge on any atom is -0.488 e. The molecule has 2 heterocycles. The highest BCUT2D eigenvalue weighted by molar-refractivity contribution is 7.15. The van der Waals surface area contributed by atoms with E-state index in [1.54, 1.807) is 12.4 Å². The zero-order chi connectivity index (χ0) is 17.2. The number of rotatable bonds is 5. The number of thiazole rings is 1. The van der Waals surface area contributed by atoms with Crippen LogP contribution in [0.3, 0.4) is 0 Å². The molecule has 6 nitrogen and oxygen atoms in total. The van der Waals surface area contributed by atoms with Gasteiger partial charge in [-0.1, -0.05) is 29.5 Å². The SMILES string of the molecule is O=C(Nc1ncc(CO)s1)C1CC(Oc2cccc3cccnc23)C1. The van der Waals surface area contributed by atoms with E-state index in [1.807, 2.05) is 30.3 Å². The number of aliphatic hydroxyl groups is 1. The Morgan fingerprint density at radius 1 is 1.28 bits per heavy atom. The number of aromatic nitrogens is 2. The molecule has 0 aliphatic heterocycles. The zero-order valence-corrected chi connectivity index (χ0v) is 14.2. The van der Waals surface area contributed by atoms with E-state index < -0.39 is 0 Å². The fourth-order valence-electron chi connectivity index (χ4n) is 2.87. The number of aliphatic hydroxyl groups excluding tert-OH is 1. The summed E-state index contributed by atoms with van der Waals surface area (Å²) in [7, 11) is 0. The Hall–Kier alpha value is -2.51. The van der Waals surface area contributed by atoms with E-state index in [-0.39, 0.29) is 24.5 Å². The van der Waals surface area contributed by atoms with Gasteiger partial charge in [-0.25, -0.2) is 4.98 Å². The molecule has 4 rings (SSSR count). The van der Waals surface area contributed by atoms with Crippen LogP contribution in [0.25, 0.3) is 10.9 Å². The molecule has 1 aliphatic rings. The summed E-state index contributed by atoms with van der Waals surface area (Å²) in [6.07, 6.45) is 4.69. The van der Waals surface area contributed by atoms with Gasteiger partial charge in [0.05, 0.1) is 11.5 Å². The maximum Gasteiger partial charge on any atom is 0.229 e. The summed E-state index contributed by atoms with van der Waals surface area (Å²) in [5, 5.41) is 13.4. The lowest BCUT2D eigenvalue weighted by Gasteiger charge is -2.34. The van der Waals surface area contributed by atoms with Crippen molar-refractivity contribution in [2.75, 3.05) is 5.32 Å². The van der Waals surface area contributed by atoms with Gasteiger partial charge >= 0.3 is 0 Å². The Kier molecular flexibility index (Phi) is 4.33. The Morgan fingerprint density at radius 2 is 2.12 bits per heavy atom. The Bertz CT molecular complexity index is 900. The van der Waals surface area contributed by atoms with Crippen LogP contribution in [0.2, 0.25) is 0 Å². The number of pyridine rings is 1. The van der Waals surface area contributed by atoms with Crippen LogP contribution in [0.5, 0.6) is 5.75 Å². The predicted octanol–water partition coefficient (Wildman–Crippen LogP) is 2.98. The number of carbonyl (C=O) groups is 1. The first kappa shape index (κ1) is 16.0. The number of hydrogen-bond acceptors (Lipinski definition) is 6. The molecular formula is C18H17N3O3S. The molecule has 7 heteroatoms. The lowest BCUT2D eigenvalue weighted by atomic mass is 9.81. The summed E-state index contributed by atoms with van der Waals surface area (Å²) in [6, 6.07) is 9.76. The van der Waals surface area contributed by atoms with Crippen LogP contribution >= 0.6 is 11.3 Å². The van der Waals surface area contributed by atoms with Gasteiger partial charge in [0.1, 0.15) is 17.4 Å². The molecule has 0 bridgehead atoms. The second-order valence-corrected chi connectivity index (χ2v) is 7.13. The summed E-state index contributed by atoms with van der Waals surface area (Å²) in [4.78, 5) is 21.4. The van der Waals surface area contributed by atoms with Crippen LogP contribution in [-0.2, 0) is 11.4 Å². The third-order valence-electron chi connectivity index (χ3n) is 4.29. The summed E-state index contributed by atoms with van der Waals surface area (Å²) >= 11 is 1.29. The van der Waals surface area contributed by atoms with Crippen LogP contribution < -0.4 is 10.1 Å². The van der Waals surface area contributed by atoms with Gasteiger partial charge in [0.25, 0.3) is 0 Å². The molecular weight excluding hydrogens is 338 g/mol. The molecule has 25 heavy (non-hydrogen) atoms. The highest BCUT2D eigenvalue weighted by Crippen LogP contribution is 2.34. The van der Waals surface area contributed by atoms with E-state index in [1.165, 1.54) is 11.3 Å². The van der Waals surface area contributed by atoms with Crippen molar-refractivity contribution in [3.8, 4) is 5.75 Å². The van der Waals surface area contributed by atoms with Gasteiger partial charge in [-0.15, -0.1) is 0 Å². The number of carbonyl (C=O) groups excluding carboxylic acids is 1. The number of benzene rings is 1. The molecule has 1 aliphatic carbocycles. The molecule has 0 spiro atoms. The molecule has 1 fully saturated rings. The Balaban J connectivity index is 1.34. The maximum atomic E-state index is 12.2.